The largest absolute Gasteiger partial charge is 0.371 e. The summed E-state index contributed by atoms with van der Waals surface area (Å²) < 4.78 is 49.3. The van der Waals surface area contributed by atoms with E-state index in [1.54, 1.807) is 6.07 Å². The fourth-order valence-electron chi connectivity index (χ4n) is 3.94. The molecular formula is C15H21N7O4S2. The summed E-state index contributed by atoms with van der Waals surface area (Å²) in [4.78, 5) is 1.17. The highest BCUT2D eigenvalue weighted by Crippen LogP contribution is 2.42. The number of sulfonamides is 1. The molecule has 0 atom stereocenters. The summed E-state index contributed by atoms with van der Waals surface area (Å²) in [5, 5.41) is 22.1. The monoisotopic (exact) mass is 427 g/mol. The molecule has 1 aromatic heterocycles. The number of benzene rings is 1. The minimum atomic E-state index is -4.38. The van der Waals surface area contributed by atoms with Crippen LogP contribution < -0.4 is 15.4 Å². The maximum atomic E-state index is 12.4. The molecule has 0 aliphatic carbocycles. The van der Waals surface area contributed by atoms with Crippen LogP contribution in [0.25, 0.3) is 11.4 Å². The van der Waals surface area contributed by atoms with Gasteiger partial charge in [0.25, 0.3) is 0 Å². The number of tetrazole rings is 1. The molecule has 0 bridgehead atoms. The highest BCUT2D eigenvalue weighted by Gasteiger charge is 2.40. The van der Waals surface area contributed by atoms with Crippen molar-refractivity contribution in [2.45, 2.75) is 22.6 Å². The van der Waals surface area contributed by atoms with Crippen LogP contribution in [0.5, 0.6) is 0 Å². The highest BCUT2D eigenvalue weighted by molar-refractivity contribution is 7.93. The fourth-order valence-corrected chi connectivity index (χ4v) is 6.33. The molecule has 2 fully saturated rings. The lowest BCUT2D eigenvalue weighted by atomic mass is 9.73. The van der Waals surface area contributed by atoms with Crippen molar-refractivity contribution in [3.05, 3.63) is 12.1 Å². The predicted molar refractivity (Wildman–Crippen MR) is 101 cm³/mol. The van der Waals surface area contributed by atoms with E-state index in [4.69, 9.17) is 5.14 Å². The SMILES string of the molecule is CS(=O)(=O)c1ccc(N2CCC3(CC2)CNC3)c(-c2nnn[nH]2)c1S(N)(=O)=O. The number of sulfone groups is 1. The van der Waals surface area contributed by atoms with E-state index in [-0.39, 0.29) is 16.3 Å². The molecule has 13 heteroatoms. The third kappa shape index (κ3) is 3.27. The summed E-state index contributed by atoms with van der Waals surface area (Å²) >= 11 is 0. The van der Waals surface area contributed by atoms with E-state index in [0.29, 0.717) is 24.2 Å². The van der Waals surface area contributed by atoms with Crippen LogP contribution in [0.1, 0.15) is 12.8 Å². The number of hydrogen-bond acceptors (Lipinski definition) is 9. The summed E-state index contributed by atoms with van der Waals surface area (Å²) in [6.45, 7) is 3.38. The van der Waals surface area contributed by atoms with Crippen molar-refractivity contribution in [2.24, 2.45) is 10.6 Å². The Kier molecular flexibility index (Phi) is 4.45. The Balaban J connectivity index is 1.90. The van der Waals surface area contributed by atoms with Crippen LogP contribution in [0.15, 0.2) is 21.9 Å². The number of nitrogens with two attached hydrogens (primary N) is 1. The molecule has 0 unspecified atom stereocenters. The standard InChI is InChI=1S/C15H21N7O4S2/c1-27(23,24)11-3-2-10(22-6-4-15(5-7-22)8-17-9-15)12(13(11)28(16,25)26)14-18-20-21-19-14/h2-3,17H,4-9H2,1H3,(H2,16,25,26)(H,18,19,20,21). The lowest BCUT2D eigenvalue weighted by molar-refractivity contribution is 0.126. The molecule has 0 radical (unpaired) electrons. The number of nitrogens with one attached hydrogen (secondary N) is 2. The molecule has 28 heavy (non-hydrogen) atoms. The van der Waals surface area contributed by atoms with Crippen molar-refractivity contribution in [3.8, 4) is 11.4 Å². The molecule has 2 aromatic rings. The topological polar surface area (TPSA) is 164 Å². The summed E-state index contributed by atoms with van der Waals surface area (Å²) in [5.74, 6) is 0.0510. The number of rotatable bonds is 4. The molecule has 0 amide bonds. The number of primary sulfonamides is 1. The van der Waals surface area contributed by atoms with Gasteiger partial charge >= 0.3 is 0 Å². The molecule has 152 valence electrons. The number of nitrogens with zero attached hydrogens (tertiary/aromatic N) is 4. The maximum absolute atomic E-state index is 12.4. The van der Waals surface area contributed by atoms with E-state index in [0.717, 1.165) is 32.2 Å². The third-order valence-corrected chi connectivity index (χ3v) is 7.79. The van der Waals surface area contributed by atoms with Crippen molar-refractivity contribution in [3.63, 3.8) is 0 Å². The van der Waals surface area contributed by atoms with Crippen molar-refractivity contribution in [1.29, 1.82) is 0 Å². The number of aromatic amines is 1. The van der Waals surface area contributed by atoms with Crippen molar-refractivity contribution in [2.75, 3.05) is 37.3 Å². The van der Waals surface area contributed by atoms with Gasteiger partial charge in [-0.15, -0.1) is 5.10 Å². The zero-order valence-corrected chi connectivity index (χ0v) is 16.8. The smallest absolute Gasteiger partial charge is 0.240 e. The van der Waals surface area contributed by atoms with E-state index >= 15 is 0 Å². The van der Waals surface area contributed by atoms with Crippen LogP contribution in [0.4, 0.5) is 5.69 Å². The normalized spacial score (nSPS) is 19.6. The van der Waals surface area contributed by atoms with Gasteiger partial charge in [-0.05, 0) is 40.8 Å². The quantitative estimate of drug-likeness (QED) is 0.561. The Hall–Kier alpha value is -2.09. The first-order chi connectivity index (χ1) is 13.1. The van der Waals surface area contributed by atoms with E-state index in [2.05, 4.69) is 25.9 Å². The molecule has 2 aliphatic heterocycles. The number of H-pyrrole nitrogens is 1. The number of piperidine rings is 1. The van der Waals surface area contributed by atoms with Crippen LogP contribution in [0.2, 0.25) is 0 Å². The van der Waals surface area contributed by atoms with Crippen LogP contribution >= 0.6 is 0 Å². The second-order valence-corrected chi connectivity index (χ2v) is 10.9. The second-order valence-electron chi connectivity index (χ2n) is 7.44. The first-order valence-electron chi connectivity index (χ1n) is 8.70. The van der Waals surface area contributed by atoms with Crippen LogP contribution in [-0.2, 0) is 19.9 Å². The zero-order valence-electron chi connectivity index (χ0n) is 15.2. The molecule has 0 saturated carbocycles. The number of hydrogen-bond donors (Lipinski definition) is 3. The van der Waals surface area contributed by atoms with E-state index in [1.807, 2.05) is 4.90 Å². The number of anilines is 1. The molecule has 4 N–H and O–H groups in total. The Morgan fingerprint density at radius 1 is 1.14 bits per heavy atom. The van der Waals surface area contributed by atoms with Crippen molar-refractivity contribution < 1.29 is 16.8 Å². The molecule has 1 spiro atoms. The van der Waals surface area contributed by atoms with Crippen LogP contribution in [-0.4, -0.2) is 69.9 Å². The summed E-state index contributed by atoms with van der Waals surface area (Å²) in [7, 11) is -8.24. The first-order valence-corrected chi connectivity index (χ1v) is 12.1. The Labute approximate surface area is 162 Å². The predicted octanol–water partition coefficient (Wildman–Crippen LogP) is -0.893. The Morgan fingerprint density at radius 2 is 1.82 bits per heavy atom. The average Bonchev–Trinajstić information content (AvgIpc) is 3.12. The zero-order chi connectivity index (χ0) is 20.2. The Morgan fingerprint density at radius 3 is 2.29 bits per heavy atom. The maximum Gasteiger partial charge on any atom is 0.240 e. The lowest BCUT2D eigenvalue weighted by Crippen LogP contribution is -2.58. The van der Waals surface area contributed by atoms with Crippen LogP contribution in [0, 0.1) is 5.41 Å². The summed E-state index contributed by atoms with van der Waals surface area (Å²) in [5.41, 5.74) is 0.912. The van der Waals surface area contributed by atoms with Gasteiger partial charge < -0.3 is 10.2 Å². The highest BCUT2D eigenvalue weighted by atomic mass is 32.2. The minimum absolute atomic E-state index is 0.0510. The molecule has 2 aliphatic rings. The molecule has 1 aromatic carbocycles. The summed E-state index contributed by atoms with van der Waals surface area (Å²) in [6.07, 6.45) is 2.84. The minimum Gasteiger partial charge on any atom is -0.371 e. The van der Waals surface area contributed by atoms with E-state index < -0.39 is 24.8 Å². The van der Waals surface area contributed by atoms with Gasteiger partial charge in [0, 0.05) is 38.1 Å². The molecule has 2 saturated heterocycles. The summed E-state index contributed by atoms with van der Waals surface area (Å²) in [6, 6.07) is 2.88. The van der Waals surface area contributed by atoms with Gasteiger partial charge in [-0.25, -0.2) is 27.1 Å². The van der Waals surface area contributed by atoms with Crippen LogP contribution in [0.3, 0.4) is 0 Å². The van der Waals surface area contributed by atoms with Gasteiger partial charge in [0.1, 0.15) is 4.90 Å². The van der Waals surface area contributed by atoms with E-state index in [1.165, 1.54) is 6.07 Å². The van der Waals surface area contributed by atoms with Gasteiger partial charge in [0.2, 0.25) is 10.0 Å². The van der Waals surface area contributed by atoms with Gasteiger partial charge in [0.15, 0.2) is 15.7 Å². The lowest BCUT2D eigenvalue weighted by Gasteiger charge is -2.49. The van der Waals surface area contributed by atoms with Gasteiger partial charge in [-0.2, -0.15) is 0 Å². The molecular weight excluding hydrogens is 406 g/mol. The molecule has 4 rings (SSSR count). The van der Waals surface area contributed by atoms with Gasteiger partial charge in [0.05, 0.1) is 10.5 Å². The van der Waals surface area contributed by atoms with Crippen molar-refractivity contribution in [1.82, 2.24) is 25.9 Å². The first kappa shape index (κ1) is 19.2. The fraction of sp³-hybridized carbons (Fsp3) is 0.533. The van der Waals surface area contributed by atoms with Gasteiger partial charge in [-0.3, -0.25) is 0 Å². The van der Waals surface area contributed by atoms with Gasteiger partial charge in [-0.1, -0.05) is 0 Å². The average molecular weight is 428 g/mol. The second kappa shape index (κ2) is 6.47. The van der Waals surface area contributed by atoms with Crippen molar-refractivity contribution >= 4 is 25.5 Å². The Bertz CT molecular complexity index is 1100. The third-order valence-electron chi connectivity index (χ3n) is 5.53. The van der Waals surface area contributed by atoms with E-state index in [9.17, 15) is 16.8 Å². The number of aromatic nitrogens is 4. The molecule has 11 nitrogen and oxygen atoms in total. The molecule has 3 heterocycles.